The first kappa shape index (κ1) is 24.0. The average Bonchev–Trinajstić information content (AvgIpc) is 3.34. The van der Waals surface area contributed by atoms with Crippen LogP contribution in [0.25, 0.3) is 0 Å². The van der Waals surface area contributed by atoms with Crippen LogP contribution in [0.5, 0.6) is 0 Å². The first-order valence-electron chi connectivity index (χ1n) is 11.5. The summed E-state index contributed by atoms with van der Waals surface area (Å²) in [5.74, 6) is 0.787. The fraction of sp³-hybridized carbons (Fsp3) is 0.346. The van der Waals surface area contributed by atoms with Crippen molar-refractivity contribution < 1.29 is 4.79 Å². The number of hydrogen-bond acceptors (Lipinski definition) is 3. The molecule has 33 heavy (non-hydrogen) atoms. The van der Waals surface area contributed by atoms with E-state index in [0.717, 1.165) is 36.7 Å². The van der Waals surface area contributed by atoms with Gasteiger partial charge in [0.05, 0.1) is 13.1 Å². The van der Waals surface area contributed by atoms with E-state index in [-0.39, 0.29) is 11.8 Å². The quantitative estimate of drug-likeness (QED) is 0.322. The van der Waals surface area contributed by atoms with E-state index in [9.17, 15) is 4.79 Å². The lowest BCUT2D eigenvalue weighted by molar-refractivity contribution is -0.119. The van der Waals surface area contributed by atoms with Gasteiger partial charge in [-0.25, -0.2) is 4.99 Å². The summed E-state index contributed by atoms with van der Waals surface area (Å²) in [6.07, 6.45) is 4.58. The Morgan fingerprint density at radius 2 is 1.88 bits per heavy atom. The molecule has 1 aromatic heterocycles. The Morgan fingerprint density at radius 3 is 2.61 bits per heavy atom. The van der Waals surface area contributed by atoms with Crippen LogP contribution in [0.2, 0.25) is 0 Å². The minimum absolute atomic E-state index is 0.00703. The van der Waals surface area contributed by atoms with E-state index in [4.69, 9.17) is 4.99 Å². The monoisotopic (exact) mass is 446 g/mol. The molecule has 1 atom stereocenters. The molecular weight excluding hydrogens is 412 g/mol. The van der Waals surface area contributed by atoms with Crippen molar-refractivity contribution in [3.63, 3.8) is 0 Å². The first-order chi connectivity index (χ1) is 16.1. The lowest BCUT2D eigenvalue weighted by Gasteiger charge is -2.14. The molecule has 7 nitrogen and oxygen atoms in total. The molecule has 0 aliphatic heterocycles. The number of aromatic nitrogens is 2. The highest BCUT2D eigenvalue weighted by molar-refractivity contribution is 5.92. The minimum Gasteiger partial charge on any atom is -0.357 e. The summed E-state index contributed by atoms with van der Waals surface area (Å²) in [4.78, 5) is 16.9. The van der Waals surface area contributed by atoms with Gasteiger partial charge in [0.1, 0.15) is 0 Å². The standard InChI is InChI=1S/C26H34N6O/c1-4-20(3)25(33)31-24-13-8-10-21(16-24)17-28-26(27-5-2)29-18-22-11-6-7-12-23(22)19-32-15-9-14-30-32/h6-16,20H,4-5,17-19H2,1-3H3,(H,31,33)(H2,27,28,29). The topological polar surface area (TPSA) is 83.3 Å². The molecule has 0 saturated carbocycles. The van der Waals surface area contributed by atoms with Crippen molar-refractivity contribution in [1.82, 2.24) is 20.4 Å². The highest BCUT2D eigenvalue weighted by atomic mass is 16.1. The molecule has 1 heterocycles. The number of amides is 1. The SMILES string of the molecule is CCNC(=NCc1cccc(NC(=O)C(C)CC)c1)NCc1ccccc1Cn1cccn1. The van der Waals surface area contributed by atoms with Gasteiger partial charge >= 0.3 is 0 Å². The predicted octanol–water partition coefficient (Wildman–Crippen LogP) is 4.17. The molecule has 1 amide bonds. The molecule has 3 aromatic rings. The maximum Gasteiger partial charge on any atom is 0.227 e. The highest BCUT2D eigenvalue weighted by Gasteiger charge is 2.10. The second kappa shape index (κ2) is 12.4. The molecule has 0 aliphatic rings. The van der Waals surface area contributed by atoms with Crippen LogP contribution >= 0.6 is 0 Å². The van der Waals surface area contributed by atoms with Crippen LogP contribution < -0.4 is 16.0 Å². The Labute approximate surface area is 196 Å². The number of benzene rings is 2. The first-order valence-corrected chi connectivity index (χ1v) is 11.5. The number of aliphatic imine (C=N–C) groups is 1. The number of rotatable bonds is 10. The fourth-order valence-corrected chi connectivity index (χ4v) is 3.34. The van der Waals surface area contributed by atoms with Crippen LogP contribution in [-0.4, -0.2) is 28.2 Å². The lowest BCUT2D eigenvalue weighted by Crippen LogP contribution is -2.37. The molecule has 0 spiro atoms. The van der Waals surface area contributed by atoms with Gasteiger partial charge in [-0.15, -0.1) is 0 Å². The molecule has 0 fully saturated rings. The molecule has 3 N–H and O–H groups in total. The van der Waals surface area contributed by atoms with Crippen LogP contribution in [0.3, 0.4) is 0 Å². The van der Waals surface area contributed by atoms with Gasteiger partial charge in [-0.1, -0.05) is 50.2 Å². The van der Waals surface area contributed by atoms with Crippen molar-refractivity contribution in [2.75, 3.05) is 11.9 Å². The van der Waals surface area contributed by atoms with Crippen LogP contribution in [0.4, 0.5) is 5.69 Å². The predicted molar refractivity (Wildman–Crippen MR) is 134 cm³/mol. The van der Waals surface area contributed by atoms with Gasteiger partial charge in [-0.3, -0.25) is 9.48 Å². The number of guanidine groups is 1. The molecule has 0 aliphatic carbocycles. The Bertz CT molecular complexity index is 1040. The maximum absolute atomic E-state index is 12.2. The summed E-state index contributed by atoms with van der Waals surface area (Å²) >= 11 is 0. The lowest BCUT2D eigenvalue weighted by atomic mass is 10.1. The average molecular weight is 447 g/mol. The van der Waals surface area contributed by atoms with Crippen LogP contribution in [-0.2, 0) is 24.4 Å². The Balaban J connectivity index is 1.64. The van der Waals surface area contributed by atoms with Crippen molar-refractivity contribution >= 4 is 17.6 Å². The minimum atomic E-state index is -0.00703. The maximum atomic E-state index is 12.2. The van der Waals surface area contributed by atoms with Gasteiger partial charge in [0.2, 0.25) is 5.91 Å². The van der Waals surface area contributed by atoms with Crippen molar-refractivity contribution in [3.05, 3.63) is 83.7 Å². The van der Waals surface area contributed by atoms with E-state index in [1.807, 2.05) is 68.0 Å². The normalized spacial score (nSPS) is 12.3. The Hall–Kier alpha value is -3.61. The van der Waals surface area contributed by atoms with Crippen molar-refractivity contribution in [2.45, 2.75) is 46.8 Å². The van der Waals surface area contributed by atoms with Crippen LogP contribution in [0, 0.1) is 5.92 Å². The summed E-state index contributed by atoms with van der Waals surface area (Å²) < 4.78 is 1.92. The Morgan fingerprint density at radius 1 is 1.06 bits per heavy atom. The number of anilines is 1. The van der Waals surface area contributed by atoms with Gasteiger partial charge in [-0.2, -0.15) is 5.10 Å². The molecule has 0 bridgehead atoms. The molecule has 0 saturated heterocycles. The van der Waals surface area contributed by atoms with Crippen LogP contribution in [0.15, 0.2) is 72.0 Å². The van der Waals surface area contributed by atoms with Gasteiger partial charge in [0.15, 0.2) is 5.96 Å². The van der Waals surface area contributed by atoms with E-state index >= 15 is 0 Å². The molecule has 7 heteroatoms. The van der Waals surface area contributed by atoms with Gasteiger partial charge in [0.25, 0.3) is 0 Å². The number of nitrogens with zero attached hydrogens (tertiary/aromatic N) is 3. The smallest absolute Gasteiger partial charge is 0.227 e. The largest absolute Gasteiger partial charge is 0.357 e. The zero-order chi connectivity index (χ0) is 23.5. The van der Waals surface area contributed by atoms with Crippen LogP contribution in [0.1, 0.15) is 43.9 Å². The van der Waals surface area contributed by atoms with E-state index in [1.165, 1.54) is 11.1 Å². The Kier molecular flexibility index (Phi) is 9.06. The van der Waals surface area contributed by atoms with Gasteiger partial charge < -0.3 is 16.0 Å². The second-order valence-electron chi connectivity index (χ2n) is 8.02. The third-order valence-electron chi connectivity index (χ3n) is 5.47. The third-order valence-corrected chi connectivity index (χ3v) is 5.47. The summed E-state index contributed by atoms with van der Waals surface area (Å²) in [6.45, 7) is 8.67. The summed E-state index contributed by atoms with van der Waals surface area (Å²) in [6, 6.07) is 18.1. The summed E-state index contributed by atoms with van der Waals surface area (Å²) in [5.41, 5.74) is 4.26. The van der Waals surface area contributed by atoms with E-state index < -0.39 is 0 Å². The molecular formula is C26H34N6O. The molecule has 174 valence electrons. The van der Waals surface area contributed by atoms with Gasteiger partial charge in [0, 0.05) is 37.1 Å². The zero-order valence-electron chi connectivity index (χ0n) is 19.7. The molecule has 1 unspecified atom stereocenters. The van der Waals surface area contributed by atoms with Gasteiger partial charge in [-0.05, 0) is 48.2 Å². The fourth-order valence-electron chi connectivity index (χ4n) is 3.34. The van der Waals surface area contributed by atoms with Crippen molar-refractivity contribution in [3.8, 4) is 0 Å². The van der Waals surface area contributed by atoms with Crippen molar-refractivity contribution in [2.24, 2.45) is 10.9 Å². The second-order valence-corrected chi connectivity index (χ2v) is 8.02. The number of hydrogen-bond donors (Lipinski definition) is 3. The van der Waals surface area contributed by atoms with Crippen molar-refractivity contribution in [1.29, 1.82) is 0 Å². The molecule has 3 rings (SSSR count). The molecule has 2 aromatic carbocycles. The highest BCUT2D eigenvalue weighted by Crippen LogP contribution is 2.14. The summed E-state index contributed by atoms with van der Waals surface area (Å²) in [7, 11) is 0. The van der Waals surface area contributed by atoms with E-state index in [0.29, 0.717) is 13.1 Å². The number of carbonyl (C=O) groups excluding carboxylic acids is 1. The van der Waals surface area contributed by atoms with E-state index in [2.05, 4.69) is 39.2 Å². The number of carbonyl (C=O) groups is 1. The third kappa shape index (κ3) is 7.49. The molecule has 0 radical (unpaired) electrons. The number of nitrogens with one attached hydrogen (secondary N) is 3. The zero-order valence-corrected chi connectivity index (χ0v) is 19.7. The summed E-state index contributed by atoms with van der Waals surface area (Å²) in [5, 5.41) is 14.0. The van der Waals surface area contributed by atoms with E-state index in [1.54, 1.807) is 6.20 Å².